The Kier molecular flexibility index (Phi) is 3.35. The second-order valence-electron chi connectivity index (χ2n) is 2.57. The molecule has 1 aromatic rings. The Labute approximate surface area is 89.1 Å². The molecule has 1 aromatic carbocycles. The van der Waals surface area contributed by atoms with Crippen LogP contribution in [0.15, 0.2) is 29.4 Å². The summed E-state index contributed by atoms with van der Waals surface area (Å²) in [6, 6.07) is 5.25. The van der Waals surface area contributed by atoms with Crippen LogP contribution >= 0.6 is 11.6 Å². The molecule has 0 saturated carbocycles. The summed E-state index contributed by atoms with van der Waals surface area (Å²) in [5, 5.41) is 19.9. The summed E-state index contributed by atoms with van der Waals surface area (Å²) in [4.78, 5) is 19.2. The average Bonchev–Trinajstić information content (AvgIpc) is 2.18. The predicted octanol–water partition coefficient (Wildman–Crippen LogP) is 2.41. The van der Waals surface area contributed by atoms with Gasteiger partial charge in [0.15, 0.2) is 0 Å². The van der Waals surface area contributed by atoms with Crippen LogP contribution in [0.3, 0.4) is 0 Å². The van der Waals surface area contributed by atoms with Gasteiger partial charge in [-0.1, -0.05) is 0 Å². The monoisotopic (exact) mass is 228 g/mol. The number of non-ortho nitro benzene ring substituents is 1. The maximum absolute atomic E-state index is 10.3. The highest BCUT2D eigenvalue weighted by atomic mass is 35.5. The fraction of sp³-hybridized carbons (Fsp3) is 0. The molecule has 0 N–H and O–H groups in total. The van der Waals surface area contributed by atoms with E-state index in [0.717, 1.165) is 6.08 Å². The number of rotatable bonds is 3. The highest BCUT2D eigenvalue weighted by Gasteiger charge is 2.07. The Bertz CT molecular complexity index is 427. The highest BCUT2D eigenvalue weighted by Crippen LogP contribution is 2.15. The van der Waals surface area contributed by atoms with Crippen LogP contribution in [0.2, 0.25) is 0 Å². The van der Waals surface area contributed by atoms with Gasteiger partial charge in [0, 0.05) is 18.2 Å². The minimum absolute atomic E-state index is 0.0793. The first-order valence-electron chi connectivity index (χ1n) is 3.77. The van der Waals surface area contributed by atoms with Gasteiger partial charge in [-0.3, -0.25) is 20.2 Å². The lowest BCUT2D eigenvalue weighted by Gasteiger charge is -1.92. The Balaban J connectivity index is 2.95. The second-order valence-corrected chi connectivity index (χ2v) is 2.96. The van der Waals surface area contributed by atoms with Crippen molar-refractivity contribution in [3.63, 3.8) is 0 Å². The number of nitro groups is 2. The van der Waals surface area contributed by atoms with Gasteiger partial charge in [-0.15, -0.1) is 0 Å². The molecular weight excluding hydrogens is 224 g/mol. The van der Waals surface area contributed by atoms with Crippen LogP contribution in [0.5, 0.6) is 0 Å². The minimum Gasteiger partial charge on any atom is -0.258 e. The Morgan fingerprint density at radius 3 is 2.13 bits per heavy atom. The smallest absolute Gasteiger partial charge is 0.258 e. The van der Waals surface area contributed by atoms with Crippen molar-refractivity contribution in [2.24, 2.45) is 0 Å². The van der Waals surface area contributed by atoms with Crippen LogP contribution in [-0.4, -0.2) is 9.85 Å². The molecule has 0 aliphatic heterocycles. The van der Waals surface area contributed by atoms with E-state index in [1.807, 2.05) is 0 Å². The van der Waals surface area contributed by atoms with E-state index >= 15 is 0 Å². The van der Waals surface area contributed by atoms with Gasteiger partial charge in [-0.05, 0) is 29.3 Å². The van der Waals surface area contributed by atoms with Gasteiger partial charge in [-0.25, -0.2) is 0 Å². The molecule has 0 aromatic heterocycles. The van der Waals surface area contributed by atoms with Crippen LogP contribution in [-0.2, 0) is 0 Å². The van der Waals surface area contributed by atoms with Crippen molar-refractivity contribution in [3.8, 4) is 0 Å². The van der Waals surface area contributed by atoms with E-state index in [4.69, 9.17) is 11.6 Å². The van der Waals surface area contributed by atoms with Crippen molar-refractivity contribution in [3.05, 3.63) is 55.2 Å². The third-order valence-electron chi connectivity index (χ3n) is 1.56. The van der Waals surface area contributed by atoms with E-state index in [0.29, 0.717) is 5.56 Å². The molecule has 0 spiro atoms. The van der Waals surface area contributed by atoms with Crippen LogP contribution in [0.25, 0.3) is 6.08 Å². The number of benzene rings is 1. The molecule has 0 atom stereocenters. The number of hydrogen-bond acceptors (Lipinski definition) is 4. The van der Waals surface area contributed by atoms with Gasteiger partial charge in [0.2, 0.25) is 0 Å². The molecule has 78 valence electrons. The van der Waals surface area contributed by atoms with Crippen molar-refractivity contribution in [2.75, 3.05) is 0 Å². The van der Waals surface area contributed by atoms with E-state index in [1.165, 1.54) is 24.3 Å². The zero-order valence-corrected chi connectivity index (χ0v) is 8.05. The zero-order chi connectivity index (χ0) is 11.4. The Hall–Kier alpha value is -1.95. The second kappa shape index (κ2) is 4.52. The molecular formula is C8H5ClN2O4. The third-order valence-corrected chi connectivity index (χ3v) is 1.81. The largest absolute Gasteiger partial charge is 0.337 e. The van der Waals surface area contributed by atoms with Gasteiger partial charge in [-0.2, -0.15) is 0 Å². The third kappa shape index (κ3) is 3.03. The quantitative estimate of drug-likeness (QED) is 0.452. The summed E-state index contributed by atoms with van der Waals surface area (Å²) in [5.74, 6) is 0. The van der Waals surface area contributed by atoms with Crippen molar-refractivity contribution in [2.45, 2.75) is 0 Å². The molecule has 7 heteroatoms. The van der Waals surface area contributed by atoms with Gasteiger partial charge >= 0.3 is 5.16 Å². The van der Waals surface area contributed by atoms with E-state index in [2.05, 4.69) is 0 Å². The number of hydrogen-bond donors (Lipinski definition) is 0. The van der Waals surface area contributed by atoms with Crippen LogP contribution in [0.4, 0.5) is 5.69 Å². The highest BCUT2D eigenvalue weighted by molar-refractivity contribution is 6.29. The molecule has 0 amide bonds. The van der Waals surface area contributed by atoms with Crippen LogP contribution < -0.4 is 0 Å². The van der Waals surface area contributed by atoms with Crippen molar-refractivity contribution >= 4 is 23.4 Å². The first kappa shape index (κ1) is 11.1. The van der Waals surface area contributed by atoms with E-state index in [9.17, 15) is 20.2 Å². The lowest BCUT2D eigenvalue weighted by molar-refractivity contribution is -0.410. The summed E-state index contributed by atoms with van der Waals surface area (Å²) in [6.45, 7) is 0. The maximum Gasteiger partial charge on any atom is 0.337 e. The Morgan fingerprint density at radius 1 is 1.20 bits per heavy atom. The van der Waals surface area contributed by atoms with E-state index < -0.39 is 15.0 Å². The van der Waals surface area contributed by atoms with E-state index in [-0.39, 0.29) is 5.69 Å². The van der Waals surface area contributed by atoms with Gasteiger partial charge in [0.05, 0.1) is 9.85 Å². The molecule has 0 aliphatic carbocycles. The maximum atomic E-state index is 10.3. The normalized spacial score (nSPS) is 11.1. The molecule has 0 aliphatic rings. The first-order valence-corrected chi connectivity index (χ1v) is 4.14. The summed E-state index contributed by atoms with van der Waals surface area (Å²) in [5.41, 5.74) is 0.353. The average molecular weight is 229 g/mol. The molecule has 0 radical (unpaired) electrons. The first-order chi connectivity index (χ1) is 7.00. The molecule has 0 bridgehead atoms. The standard InChI is InChI=1S/C8H5ClN2O4/c9-8(11(14)15)5-6-1-3-7(4-2-6)10(12)13/h1-5H/b8-5+. The summed E-state index contributed by atoms with van der Waals surface area (Å²) in [6.07, 6.45) is 1.12. The van der Waals surface area contributed by atoms with Crippen molar-refractivity contribution in [1.29, 1.82) is 0 Å². The lowest BCUT2D eigenvalue weighted by Crippen LogP contribution is -1.91. The molecule has 15 heavy (non-hydrogen) atoms. The number of nitro benzene ring substituents is 1. The molecule has 0 fully saturated rings. The summed E-state index contributed by atoms with van der Waals surface area (Å²) < 4.78 is 0. The van der Waals surface area contributed by atoms with Gasteiger partial charge in [0.25, 0.3) is 5.69 Å². The SMILES string of the molecule is O=[N+]([O-])/C(Cl)=C/c1ccc([N+](=O)[O-])cc1. The van der Waals surface area contributed by atoms with Crippen LogP contribution in [0, 0.1) is 20.2 Å². The number of halogens is 1. The molecule has 6 nitrogen and oxygen atoms in total. The van der Waals surface area contributed by atoms with E-state index in [1.54, 1.807) is 0 Å². The lowest BCUT2D eigenvalue weighted by atomic mass is 10.2. The topological polar surface area (TPSA) is 86.3 Å². The van der Waals surface area contributed by atoms with Crippen molar-refractivity contribution in [1.82, 2.24) is 0 Å². The fourth-order valence-corrected chi connectivity index (χ4v) is 1.01. The van der Waals surface area contributed by atoms with Gasteiger partial charge in [0.1, 0.15) is 0 Å². The Morgan fingerprint density at radius 2 is 1.73 bits per heavy atom. The van der Waals surface area contributed by atoms with Crippen molar-refractivity contribution < 1.29 is 9.85 Å². The molecule has 0 heterocycles. The minimum atomic E-state index is -0.747. The molecule has 0 unspecified atom stereocenters. The predicted molar refractivity (Wildman–Crippen MR) is 53.9 cm³/mol. The van der Waals surface area contributed by atoms with Crippen LogP contribution in [0.1, 0.15) is 5.56 Å². The summed E-state index contributed by atoms with van der Waals surface area (Å²) in [7, 11) is 0. The molecule has 1 rings (SSSR count). The van der Waals surface area contributed by atoms with Gasteiger partial charge < -0.3 is 0 Å². The fourth-order valence-electron chi connectivity index (χ4n) is 0.882. The molecule has 0 saturated heterocycles. The summed E-state index contributed by atoms with van der Waals surface area (Å²) >= 11 is 5.28. The number of nitrogens with zero attached hydrogens (tertiary/aromatic N) is 2. The zero-order valence-electron chi connectivity index (χ0n) is 7.29.